The van der Waals surface area contributed by atoms with E-state index in [4.69, 9.17) is 0 Å². The molecule has 7 rings (SSSR count). The minimum absolute atomic E-state index is 0.0386. The predicted molar refractivity (Wildman–Crippen MR) is 115 cm³/mol. The zero-order valence-electron chi connectivity index (χ0n) is 16.4. The van der Waals surface area contributed by atoms with Crippen LogP contribution in [0.3, 0.4) is 0 Å². The molecule has 1 heterocycles. The highest BCUT2D eigenvalue weighted by Gasteiger charge is 2.67. The zero-order chi connectivity index (χ0) is 20.3. The molecule has 1 saturated heterocycles. The molecule has 0 aromatic heterocycles. The van der Waals surface area contributed by atoms with Crippen LogP contribution in [-0.2, 0) is 21.5 Å². The first-order valence-corrected chi connectivity index (χ1v) is 10.5. The molecule has 1 aliphatic heterocycles. The van der Waals surface area contributed by atoms with Crippen LogP contribution in [0.1, 0.15) is 34.1 Å². The van der Waals surface area contributed by atoms with Gasteiger partial charge in [-0.25, -0.2) is 0 Å². The average molecular weight is 391 g/mol. The lowest BCUT2D eigenvalue weighted by Gasteiger charge is -2.48. The molecular weight excluding hydrogens is 370 g/mol. The van der Waals surface area contributed by atoms with Crippen molar-refractivity contribution in [3.05, 3.63) is 119 Å². The van der Waals surface area contributed by atoms with Crippen molar-refractivity contribution in [2.75, 3.05) is 0 Å². The van der Waals surface area contributed by atoms with Gasteiger partial charge in [-0.1, -0.05) is 97.1 Å². The van der Waals surface area contributed by atoms with Crippen LogP contribution in [-0.4, -0.2) is 16.7 Å². The molecule has 2 amide bonds. The van der Waals surface area contributed by atoms with E-state index in [0.29, 0.717) is 6.54 Å². The van der Waals surface area contributed by atoms with Crippen LogP contribution in [0.5, 0.6) is 0 Å². The fraction of sp³-hybridized carbons (Fsp3) is 0.185. The molecule has 146 valence electrons. The van der Waals surface area contributed by atoms with Gasteiger partial charge < -0.3 is 0 Å². The molecule has 1 spiro atoms. The number of carbonyl (C=O) groups excluding carboxylic acids is 2. The Hall–Kier alpha value is -3.46. The van der Waals surface area contributed by atoms with Crippen molar-refractivity contribution >= 4 is 11.8 Å². The Labute approximate surface area is 175 Å². The molecule has 3 aromatic rings. The number of hydrogen-bond donors (Lipinski definition) is 0. The Balaban J connectivity index is 1.55. The topological polar surface area (TPSA) is 37.4 Å². The van der Waals surface area contributed by atoms with Crippen LogP contribution in [0.15, 0.2) is 97.1 Å². The molecule has 3 aromatic carbocycles. The molecule has 0 radical (unpaired) electrons. The van der Waals surface area contributed by atoms with Crippen molar-refractivity contribution in [3.63, 3.8) is 0 Å². The number of allylic oxidation sites excluding steroid dienone is 1. The van der Waals surface area contributed by atoms with Gasteiger partial charge in [0, 0.05) is 11.8 Å². The summed E-state index contributed by atoms with van der Waals surface area (Å²) in [5.41, 5.74) is 3.37. The number of rotatable bonds is 3. The SMILES string of the molecule is O=C1[C@H]2[C@H](c3ccccc3)[C@H]3C=C[C@]2(C(=O)N1Cc1ccccc1)c1ccccc13. The molecule has 1 fully saturated rings. The third-order valence-electron chi connectivity index (χ3n) is 7.07. The first-order valence-electron chi connectivity index (χ1n) is 10.5. The Morgan fingerprint density at radius 2 is 1.47 bits per heavy atom. The van der Waals surface area contributed by atoms with Gasteiger partial charge in [0.1, 0.15) is 5.41 Å². The van der Waals surface area contributed by atoms with Crippen LogP contribution in [0.2, 0.25) is 0 Å². The van der Waals surface area contributed by atoms with E-state index in [2.05, 4.69) is 24.3 Å². The lowest BCUT2D eigenvalue weighted by Crippen LogP contribution is -2.49. The van der Waals surface area contributed by atoms with Crippen LogP contribution < -0.4 is 0 Å². The third kappa shape index (κ3) is 2.15. The number of likely N-dealkylation sites (tertiary alicyclic amines) is 1. The minimum atomic E-state index is -0.905. The molecule has 2 bridgehead atoms. The molecule has 3 aliphatic carbocycles. The first kappa shape index (κ1) is 17.4. The van der Waals surface area contributed by atoms with Gasteiger partial charge in [0.2, 0.25) is 11.8 Å². The summed E-state index contributed by atoms with van der Waals surface area (Å²) in [7, 11) is 0. The van der Waals surface area contributed by atoms with Crippen molar-refractivity contribution in [2.24, 2.45) is 5.92 Å². The predicted octanol–water partition coefficient (Wildman–Crippen LogP) is 4.56. The Bertz CT molecular complexity index is 1180. The molecule has 0 unspecified atom stereocenters. The van der Waals surface area contributed by atoms with Crippen LogP contribution in [0.4, 0.5) is 0 Å². The summed E-state index contributed by atoms with van der Waals surface area (Å²) in [6.07, 6.45) is 4.18. The van der Waals surface area contributed by atoms with Gasteiger partial charge in [0.25, 0.3) is 0 Å². The monoisotopic (exact) mass is 391 g/mol. The van der Waals surface area contributed by atoms with Crippen molar-refractivity contribution < 1.29 is 9.59 Å². The van der Waals surface area contributed by atoms with Gasteiger partial charge in [-0.3, -0.25) is 14.5 Å². The molecule has 3 nitrogen and oxygen atoms in total. The molecular formula is C27H21NO2. The highest BCUT2D eigenvalue weighted by Crippen LogP contribution is 2.62. The normalized spacial score (nSPS) is 28.5. The van der Waals surface area contributed by atoms with Gasteiger partial charge in [0.15, 0.2) is 0 Å². The standard InChI is InChI=1S/C27H21NO2/c29-25-24-23(19-11-5-2-6-12-19)21-15-16-27(24,22-14-8-7-13-20(21)22)26(30)28(25)17-18-9-3-1-4-10-18/h1-16,21,23-24H,17H2/t21-,23+,24+,27-/m0/s1. The summed E-state index contributed by atoms with van der Waals surface area (Å²) in [6.45, 7) is 0.318. The maximum atomic E-state index is 13.9. The van der Waals surface area contributed by atoms with Gasteiger partial charge in [-0.15, -0.1) is 0 Å². The Kier molecular flexibility index (Phi) is 3.64. The Morgan fingerprint density at radius 1 is 0.800 bits per heavy atom. The fourth-order valence-corrected chi connectivity index (χ4v) is 5.84. The smallest absolute Gasteiger partial charge is 0.244 e. The minimum Gasteiger partial charge on any atom is -0.277 e. The zero-order valence-corrected chi connectivity index (χ0v) is 16.4. The van der Waals surface area contributed by atoms with Crippen LogP contribution >= 0.6 is 0 Å². The molecule has 4 aliphatic rings. The summed E-state index contributed by atoms with van der Waals surface area (Å²) in [4.78, 5) is 29.2. The number of imide groups is 1. The number of hydrogen-bond acceptors (Lipinski definition) is 2. The van der Waals surface area contributed by atoms with Crippen LogP contribution in [0, 0.1) is 5.92 Å². The highest BCUT2D eigenvalue weighted by atomic mass is 16.2. The van der Waals surface area contributed by atoms with E-state index in [-0.39, 0.29) is 23.7 Å². The van der Waals surface area contributed by atoms with E-state index in [1.54, 1.807) is 0 Å². The number of nitrogens with zero attached hydrogens (tertiary/aromatic N) is 1. The second-order valence-corrected chi connectivity index (χ2v) is 8.47. The maximum absolute atomic E-state index is 13.9. The molecule has 0 saturated carbocycles. The second kappa shape index (κ2) is 6.27. The van der Waals surface area contributed by atoms with Crippen molar-refractivity contribution in [1.82, 2.24) is 4.90 Å². The van der Waals surface area contributed by atoms with Crippen molar-refractivity contribution in [3.8, 4) is 0 Å². The highest BCUT2D eigenvalue weighted by molar-refractivity contribution is 6.13. The Morgan fingerprint density at radius 3 is 2.23 bits per heavy atom. The van der Waals surface area contributed by atoms with E-state index in [1.807, 2.05) is 72.8 Å². The number of benzene rings is 3. The van der Waals surface area contributed by atoms with Gasteiger partial charge in [-0.2, -0.15) is 0 Å². The summed E-state index contributed by atoms with van der Waals surface area (Å²) in [5, 5.41) is 0. The van der Waals surface area contributed by atoms with Gasteiger partial charge in [-0.05, 0) is 22.3 Å². The van der Waals surface area contributed by atoms with Crippen LogP contribution in [0.25, 0.3) is 0 Å². The van der Waals surface area contributed by atoms with Gasteiger partial charge >= 0.3 is 0 Å². The average Bonchev–Trinajstić information content (AvgIpc) is 3.03. The summed E-state index contributed by atoms with van der Waals surface area (Å²) >= 11 is 0. The first-order chi connectivity index (χ1) is 14.7. The molecule has 3 heteroatoms. The third-order valence-corrected chi connectivity index (χ3v) is 7.07. The quantitative estimate of drug-likeness (QED) is 0.485. The van der Waals surface area contributed by atoms with E-state index >= 15 is 0 Å². The summed E-state index contributed by atoms with van der Waals surface area (Å²) in [6, 6.07) is 28.1. The fourth-order valence-electron chi connectivity index (χ4n) is 5.84. The second-order valence-electron chi connectivity index (χ2n) is 8.47. The van der Waals surface area contributed by atoms with Gasteiger partial charge in [0.05, 0.1) is 12.5 Å². The molecule has 4 atom stereocenters. The summed E-state index contributed by atoms with van der Waals surface area (Å²) < 4.78 is 0. The lowest BCUT2D eigenvalue weighted by molar-refractivity contribution is -0.140. The molecule has 30 heavy (non-hydrogen) atoms. The molecule has 0 N–H and O–H groups in total. The van der Waals surface area contributed by atoms with Crippen molar-refractivity contribution in [1.29, 1.82) is 0 Å². The lowest BCUT2D eigenvalue weighted by atomic mass is 9.51. The maximum Gasteiger partial charge on any atom is 0.244 e. The number of carbonyl (C=O) groups is 2. The van der Waals surface area contributed by atoms with E-state index in [1.165, 1.54) is 10.5 Å². The van der Waals surface area contributed by atoms with E-state index < -0.39 is 11.3 Å². The number of amides is 2. The van der Waals surface area contributed by atoms with E-state index in [9.17, 15) is 9.59 Å². The summed E-state index contributed by atoms with van der Waals surface area (Å²) in [5.74, 6) is -0.487. The van der Waals surface area contributed by atoms with E-state index in [0.717, 1.165) is 16.7 Å². The largest absolute Gasteiger partial charge is 0.277 e. The van der Waals surface area contributed by atoms with Crippen molar-refractivity contribution in [2.45, 2.75) is 23.8 Å².